The van der Waals surface area contributed by atoms with Crippen LogP contribution in [0, 0.1) is 0 Å². The largest absolute Gasteiger partial charge is 0.489 e. The first kappa shape index (κ1) is 19.2. The SMILES string of the molecule is C=CCSc1nnc(C(N)CC)n1-c1ccc(OCc2ccccc2)cc1. The molecule has 0 spiro atoms. The summed E-state index contributed by atoms with van der Waals surface area (Å²) in [6.07, 6.45) is 2.64. The molecule has 0 aliphatic heterocycles. The number of ether oxygens (including phenoxy) is 1. The van der Waals surface area contributed by atoms with Crippen LogP contribution in [0.5, 0.6) is 5.75 Å². The fraction of sp³-hybridized carbons (Fsp3) is 0.238. The lowest BCUT2D eigenvalue weighted by Gasteiger charge is -2.14. The summed E-state index contributed by atoms with van der Waals surface area (Å²) in [5, 5.41) is 9.44. The van der Waals surface area contributed by atoms with Crippen LogP contribution in [0.4, 0.5) is 0 Å². The summed E-state index contributed by atoms with van der Waals surface area (Å²) in [7, 11) is 0. The van der Waals surface area contributed by atoms with Gasteiger partial charge >= 0.3 is 0 Å². The van der Waals surface area contributed by atoms with Crippen molar-refractivity contribution in [3.05, 3.63) is 78.6 Å². The fourth-order valence-electron chi connectivity index (χ4n) is 2.61. The van der Waals surface area contributed by atoms with Crippen molar-refractivity contribution in [3.8, 4) is 11.4 Å². The average molecular weight is 381 g/mol. The maximum atomic E-state index is 6.24. The summed E-state index contributed by atoms with van der Waals surface area (Å²) < 4.78 is 7.89. The van der Waals surface area contributed by atoms with E-state index in [0.717, 1.165) is 40.2 Å². The van der Waals surface area contributed by atoms with E-state index in [0.29, 0.717) is 6.61 Å². The number of thioether (sulfide) groups is 1. The molecule has 2 aromatic carbocycles. The second-order valence-corrected chi connectivity index (χ2v) is 7.05. The maximum Gasteiger partial charge on any atom is 0.196 e. The molecule has 1 unspecified atom stereocenters. The molecule has 1 heterocycles. The minimum Gasteiger partial charge on any atom is -0.489 e. The number of hydrogen-bond donors (Lipinski definition) is 1. The number of rotatable bonds is 9. The highest BCUT2D eigenvalue weighted by Crippen LogP contribution is 2.27. The number of benzene rings is 2. The van der Waals surface area contributed by atoms with E-state index in [1.165, 1.54) is 0 Å². The van der Waals surface area contributed by atoms with Crippen LogP contribution >= 0.6 is 11.8 Å². The first-order valence-corrected chi connectivity index (χ1v) is 9.93. The molecule has 5 nitrogen and oxygen atoms in total. The van der Waals surface area contributed by atoms with Crippen LogP contribution in [0.25, 0.3) is 5.69 Å². The molecule has 0 radical (unpaired) electrons. The van der Waals surface area contributed by atoms with Crippen LogP contribution < -0.4 is 10.5 Å². The Morgan fingerprint density at radius 3 is 2.56 bits per heavy atom. The summed E-state index contributed by atoms with van der Waals surface area (Å²) in [4.78, 5) is 0. The molecule has 1 atom stereocenters. The lowest BCUT2D eigenvalue weighted by atomic mass is 10.2. The molecule has 3 aromatic rings. The molecule has 0 aliphatic rings. The van der Waals surface area contributed by atoms with Gasteiger partial charge in [-0.3, -0.25) is 4.57 Å². The van der Waals surface area contributed by atoms with Crippen LogP contribution in [0.15, 0.2) is 72.4 Å². The Morgan fingerprint density at radius 2 is 1.89 bits per heavy atom. The molecular weight excluding hydrogens is 356 g/mol. The number of hydrogen-bond acceptors (Lipinski definition) is 5. The molecule has 0 fully saturated rings. The van der Waals surface area contributed by atoms with E-state index < -0.39 is 0 Å². The van der Waals surface area contributed by atoms with Gasteiger partial charge in [0.25, 0.3) is 0 Å². The Bertz CT molecular complexity index is 862. The molecular formula is C21H24N4OS. The molecule has 2 N–H and O–H groups in total. The van der Waals surface area contributed by atoms with Gasteiger partial charge in [0.2, 0.25) is 0 Å². The molecule has 140 valence electrons. The molecule has 0 saturated heterocycles. The Balaban J connectivity index is 1.81. The van der Waals surface area contributed by atoms with Gasteiger partial charge in [0.05, 0.1) is 6.04 Å². The number of nitrogens with zero attached hydrogens (tertiary/aromatic N) is 3. The lowest BCUT2D eigenvalue weighted by molar-refractivity contribution is 0.306. The first-order chi connectivity index (χ1) is 13.2. The van der Waals surface area contributed by atoms with Gasteiger partial charge < -0.3 is 10.5 Å². The Hall–Kier alpha value is -2.57. The van der Waals surface area contributed by atoms with Crippen molar-refractivity contribution in [2.75, 3.05) is 5.75 Å². The van der Waals surface area contributed by atoms with Gasteiger partial charge in [-0.05, 0) is 36.2 Å². The molecule has 3 rings (SSSR count). The van der Waals surface area contributed by atoms with E-state index in [-0.39, 0.29) is 6.04 Å². The normalized spacial score (nSPS) is 11.9. The molecule has 0 bridgehead atoms. The third-order valence-electron chi connectivity index (χ3n) is 4.10. The maximum absolute atomic E-state index is 6.24. The average Bonchev–Trinajstić information content (AvgIpc) is 3.15. The zero-order valence-electron chi connectivity index (χ0n) is 15.4. The van der Waals surface area contributed by atoms with E-state index in [1.54, 1.807) is 11.8 Å². The predicted molar refractivity (Wildman–Crippen MR) is 110 cm³/mol. The lowest BCUT2D eigenvalue weighted by Crippen LogP contribution is -2.15. The van der Waals surface area contributed by atoms with Gasteiger partial charge in [-0.25, -0.2) is 0 Å². The van der Waals surface area contributed by atoms with Crippen molar-refractivity contribution >= 4 is 11.8 Å². The summed E-state index contributed by atoms with van der Waals surface area (Å²) in [6, 6.07) is 17.9. The highest BCUT2D eigenvalue weighted by Gasteiger charge is 2.18. The smallest absolute Gasteiger partial charge is 0.196 e. The summed E-state index contributed by atoms with van der Waals surface area (Å²) in [6.45, 7) is 6.36. The quantitative estimate of drug-likeness (QED) is 0.436. The fourth-order valence-corrected chi connectivity index (χ4v) is 3.30. The van der Waals surface area contributed by atoms with Crippen LogP contribution in [0.2, 0.25) is 0 Å². The standard InChI is InChI=1S/C21H24N4OS/c1-3-14-27-21-24-23-20(19(22)4-2)25(21)17-10-12-18(13-11-17)26-15-16-8-6-5-7-9-16/h3,5-13,19H,1,4,14-15,22H2,2H3. The van der Waals surface area contributed by atoms with Gasteiger partial charge in [0.15, 0.2) is 11.0 Å². The molecule has 0 saturated carbocycles. The molecule has 27 heavy (non-hydrogen) atoms. The minimum absolute atomic E-state index is 0.162. The monoisotopic (exact) mass is 380 g/mol. The third-order valence-corrected chi connectivity index (χ3v) is 5.03. The molecule has 6 heteroatoms. The highest BCUT2D eigenvalue weighted by molar-refractivity contribution is 7.99. The topological polar surface area (TPSA) is 66.0 Å². The zero-order valence-corrected chi connectivity index (χ0v) is 16.2. The highest BCUT2D eigenvalue weighted by atomic mass is 32.2. The van der Waals surface area contributed by atoms with E-state index in [1.807, 2.05) is 72.2 Å². The molecule has 1 aromatic heterocycles. The summed E-state index contributed by atoms with van der Waals surface area (Å²) >= 11 is 1.59. The van der Waals surface area contributed by atoms with E-state index >= 15 is 0 Å². The molecule has 0 aliphatic carbocycles. The van der Waals surface area contributed by atoms with Crippen molar-refractivity contribution in [2.45, 2.75) is 31.1 Å². The van der Waals surface area contributed by atoms with Gasteiger partial charge in [-0.1, -0.05) is 55.1 Å². The van der Waals surface area contributed by atoms with Gasteiger partial charge in [-0.2, -0.15) is 0 Å². The van der Waals surface area contributed by atoms with Crippen LogP contribution in [-0.4, -0.2) is 20.5 Å². The molecule has 0 amide bonds. The number of nitrogens with two attached hydrogens (primary N) is 1. The number of aromatic nitrogens is 3. The van der Waals surface area contributed by atoms with E-state index in [9.17, 15) is 0 Å². The van der Waals surface area contributed by atoms with Gasteiger partial charge in [0.1, 0.15) is 12.4 Å². The van der Waals surface area contributed by atoms with Crippen LogP contribution in [0.3, 0.4) is 0 Å². The second-order valence-electron chi connectivity index (χ2n) is 6.06. The van der Waals surface area contributed by atoms with Crippen molar-refractivity contribution in [1.29, 1.82) is 0 Å². The predicted octanol–water partition coefficient (Wildman–Crippen LogP) is 4.53. The summed E-state index contributed by atoms with van der Waals surface area (Å²) in [5.41, 5.74) is 8.35. The Kier molecular flexibility index (Phi) is 6.68. The summed E-state index contributed by atoms with van der Waals surface area (Å²) in [5.74, 6) is 2.34. The van der Waals surface area contributed by atoms with E-state index in [2.05, 4.69) is 16.8 Å². The minimum atomic E-state index is -0.162. The van der Waals surface area contributed by atoms with Crippen molar-refractivity contribution in [1.82, 2.24) is 14.8 Å². The van der Waals surface area contributed by atoms with Gasteiger partial charge in [0, 0.05) is 11.4 Å². The van der Waals surface area contributed by atoms with Crippen LogP contribution in [-0.2, 0) is 6.61 Å². The first-order valence-electron chi connectivity index (χ1n) is 8.94. The van der Waals surface area contributed by atoms with Gasteiger partial charge in [-0.15, -0.1) is 16.8 Å². The second kappa shape index (κ2) is 9.39. The van der Waals surface area contributed by atoms with E-state index in [4.69, 9.17) is 10.5 Å². The Labute approximate surface area is 164 Å². The van der Waals surface area contributed by atoms with Crippen LogP contribution in [0.1, 0.15) is 30.8 Å². The van der Waals surface area contributed by atoms with Crippen molar-refractivity contribution in [2.24, 2.45) is 5.73 Å². The third kappa shape index (κ3) is 4.78. The van der Waals surface area contributed by atoms with Crippen molar-refractivity contribution < 1.29 is 4.74 Å². The Morgan fingerprint density at radius 1 is 1.15 bits per heavy atom. The zero-order chi connectivity index (χ0) is 19.1. The van der Waals surface area contributed by atoms with Crippen molar-refractivity contribution in [3.63, 3.8) is 0 Å².